The molecule has 0 bridgehead atoms. The molecule has 0 heterocycles. The van der Waals surface area contributed by atoms with Gasteiger partial charge in [0.15, 0.2) is 0 Å². The molecule has 0 unspecified atom stereocenters. The Morgan fingerprint density at radius 1 is 0.824 bits per heavy atom. The lowest BCUT2D eigenvalue weighted by Gasteiger charge is -2.14. The molecule has 4 aromatic rings. The molecule has 0 spiro atoms. The van der Waals surface area contributed by atoms with Crippen LogP contribution in [0, 0.1) is 5.82 Å². The molecule has 0 saturated heterocycles. The van der Waals surface area contributed by atoms with Gasteiger partial charge in [0, 0.05) is 11.1 Å². The van der Waals surface area contributed by atoms with E-state index in [1.54, 1.807) is 13.0 Å². The third-order valence-corrected chi connectivity index (χ3v) is 5.65. The standard InChI is InChI=1S/C30H25FO3/c1-20(2)30(33)34-19-26-16-25(13-14-27(26)23-10-8-21(18-32)9-11-23)28-15-12-24(17-29(28)31)22-6-4-3-5-7-22/h3-17,32H,1,18-19H2,2H3. The van der Waals surface area contributed by atoms with E-state index in [0.717, 1.165) is 33.4 Å². The van der Waals surface area contributed by atoms with Gasteiger partial charge in [-0.3, -0.25) is 0 Å². The van der Waals surface area contributed by atoms with Gasteiger partial charge in [-0.1, -0.05) is 85.4 Å². The number of halogens is 1. The van der Waals surface area contributed by atoms with Gasteiger partial charge in [-0.2, -0.15) is 0 Å². The van der Waals surface area contributed by atoms with E-state index < -0.39 is 5.97 Å². The second-order valence-corrected chi connectivity index (χ2v) is 8.14. The van der Waals surface area contributed by atoms with Crippen molar-refractivity contribution in [3.05, 3.63) is 120 Å². The second kappa shape index (κ2) is 10.3. The van der Waals surface area contributed by atoms with Crippen molar-refractivity contribution in [3.63, 3.8) is 0 Å². The number of hydrogen-bond donors (Lipinski definition) is 1. The normalized spacial score (nSPS) is 10.7. The minimum atomic E-state index is -0.481. The summed E-state index contributed by atoms with van der Waals surface area (Å²) < 4.78 is 20.6. The monoisotopic (exact) mass is 452 g/mol. The maximum atomic E-state index is 15.2. The third kappa shape index (κ3) is 5.13. The molecular formula is C30H25FO3. The molecule has 170 valence electrons. The highest BCUT2D eigenvalue weighted by Crippen LogP contribution is 2.33. The average Bonchev–Trinajstić information content (AvgIpc) is 2.87. The molecule has 0 aliphatic heterocycles. The van der Waals surface area contributed by atoms with Crippen molar-refractivity contribution in [2.24, 2.45) is 0 Å². The van der Waals surface area contributed by atoms with Crippen molar-refractivity contribution in [3.8, 4) is 33.4 Å². The smallest absolute Gasteiger partial charge is 0.333 e. The predicted octanol–water partition coefficient (Wildman–Crippen LogP) is 6.94. The first-order valence-corrected chi connectivity index (χ1v) is 11.0. The number of benzene rings is 4. The van der Waals surface area contributed by atoms with Crippen LogP contribution in [-0.2, 0) is 22.7 Å². The fourth-order valence-electron chi connectivity index (χ4n) is 3.78. The van der Waals surface area contributed by atoms with Crippen LogP contribution < -0.4 is 0 Å². The molecule has 0 radical (unpaired) electrons. The lowest BCUT2D eigenvalue weighted by Crippen LogP contribution is -2.06. The van der Waals surface area contributed by atoms with Gasteiger partial charge in [0.05, 0.1) is 6.61 Å². The topological polar surface area (TPSA) is 46.5 Å². The summed E-state index contributed by atoms with van der Waals surface area (Å²) >= 11 is 0. The van der Waals surface area contributed by atoms with Crippen LogP contribution >= 0.6 is 0 Å². The number of rotatable bonds is 7. The molecule has 0 saturated carbocycles. The van der Waals surface area contributed by atoms with Gasteiger partial charge in [0.25, 0.3) is 0 Å². The number of aliphatic hydroxyl groups excluding tert-OH is 1. The van der Waals surface area contributed by atoms with Gasteiger partial charge in [-0.15, -0.1) is 0 Å². The van der Waals surface area contributed by atoms with Crippen LogP contribution in [0.5, 0.6) is 0 Å². The highest BCUT2D eigenvalue weighted by molar-refractivity contribution is 5.87. The Labute approximate surface area is 198 Å². The number of carbonyl (C=O) groups is 1. The maximum absolute atomic E-state index is 15.2. The fourth-order valence-corrected chi connectivity index (χ4v) is 3.78. The van der Waals surface area contributed by atoms with Gasteiger partial charge in [-0.05, 0) is 58.0 Å². The zero-order chi connectivity index (χ0) is 24.1. The molecule has 1 N–H and O–H groups in total. The third-order valence-electron chi connectivity index (χ3n) is 5.65. The summed E-state index contributed by atoms with van der Waals surface area (Å²) in [6, 6.07) is 28.0. The molecule has 0 aliphatic carbocycles. The van der Waals surface area contributed by atoms with Crippen LogP contribution in [-0.4, -0.2) is 11.1 Å². The minimum Gasteiger partial charge on any atom is -0.457 e. The molecule has 0 amide bonds. The number of aliphatic hydroxyl groups is 1. The fraction of sp³-hybridized carbons (Fsp3) is 0.100. The Kier molecular flexibility index (Phi) is 7.00. The molecule has 0 atom stereocenters. The van der Waals surface area contributed by atoms with Crippen molar-refractivity contribution in [1.29, 1.82) is 0 Å². The van der Waals surface area contributed by atoms with E-state index >= 15 is 4.39 Å². The average molecular weight is 453 g/mol. The molecule has 3 nitrogen and oxygen atoms in total. The van der Waals surface area contributed by atoms with E-state index in [0.29, 0.717) is 16.7 Å². The molecule has 0 aliphatic rings. The highest BCUT2D eigenvalue weighted by Gasteiger charge is 2.14. The van der Waals surface area contributed by atoms with Crippen LogP contribution in [0.4, 0.5) is 4.39 Å². The zero-order valence-corrected chi connectivity index (χ0v) is 18.9. The number of esters is 1. The van der Waals surface area contributed by atoms with Crippen molar-refractivity contribution < 1.29 is 19.0 Å². The lowest BCUT2D eigenvalue weighted by atomic mass is 9.93. The van der Waals surface area contributed by atoms with Gasteiger partial charge >= 0.3 is 5.97 Å². The quantitative estimate of drug-likeness (QED) is 0.244. The number of hydrogen-bond acceptors (Lipinski definition) is 3. The summed E-state index contributed by atoms with van der Waals surface area (Å²) in [6.45, 7) is 5.21. The van der Waals surface area contributed by atoms with Crippen LogP contribution in [0.1, 0.15) is 18.1 Å². The summed E-state index contributed by atoms with van der Waals surface area (Å²) in [4.78, 5) is 12.0. The van der Waals surface area contributed by atoms with Crippen LogP contribution in [0.3, 0.4) is 0 Å². The molecule has 0 aromatic heterocycles. The summed E-state index contributed by atoms with van der Waals surface area (Å²) in [7, 11) is 0. The summed E-state index contributed by atoms with van der Waals surface area (Å²) in [5, 5.41) is 9.33. The zero-order valence-electron chi connectivity index (χ0n) is 18.9. The Bertz CT molecular complexity index is 1330. The van der Waals surface area contributed by atoms with E-state index in [1.165, 1.54) is 6.07 Å². The number of ether oxygens (including phenoxy) is 1. The SMILES string of the molecule is C=C(C)C(=O)OCc1cc(-c2ccc(-c3ccccc3)cc2F)ccc1-c1ccc(CO)cc1. The lowest BCUT2D eigenvalue weighted by molar-refractivity contribution is -0.140. The van der Waals surface area contributed by atoms with E-state index in [2.05, 4.69) is 6.58 Å². The van der Waals surface area contributed by atoms with Crippen molar-refractivity contribution in [1.82, 2.24) is 0 Å². The molecule has 4 heteroatoms. The maximum Gasteiger partial charge on any atom is 0.333 e. The van der Waals surface area contributed by atoms with Gasteiger partial charge < -0.3 is 9.84 Å². The van der Waals surface area contributed by atoms with E-state index in [9.17, 15) is 9.90 Å². The Balaban J connectivity index is 1.72. The van der Waals surface area contributed by atoms with Crippen LogP contribution in [0.2, 0.25) is 0 Å². The first-order valence-electron chi connectivity index (χ1n) is 11.0. The van der Waals surface area contributed by atoms with Gasteiger partial charge in [0.1, 0.15) is 12.4 Å². The molecule has 4 aromatic carbocycles. The molecule has 34 heavy (non-hydrogen) atoms. The van der Waals surface area contributed by atoms with Crippen LogP contribution in [0.25, 0.3) is 33.4 Å². The molecular weight excluding hydrogens is 427 g/mol. The first kappa shape index (κ1) is 23.1. The Morgan fingerprint density at radius 2 is 1.47 bits per heavy atom. The van der Waals surface area contributed by atoms with Crippen molar-refractivity contribution >= 4 is 5.97 Å². The predicted molar refractivity (Wildman–Crippen MR) is 133 cm³/mol. The number of carbonyl (C=O) groups excluding carboxylic acids is 1. The summed E-state index contributed by atoms with van der Waals surface area (Å²) in [6.07, 6.45) is 0. The van der Waals surface area contributed by atoms with Gasteiger partial charge in [0.2, 0.25) is 0 Å². The first-order chi connectivity index (χ1) is 16.5. The van der Waals surface area contributed by atoms with Crippen molar-refractivity contribution in [2.45, 2.75) is 20.1 Å². The largest absolute Gasteiger partial charge is 0.457 e. The van der Waals surface area contributed by atoms with Crippen LogP contribution in [0.15, 0.2) is 103 Å². The molecule has 0 fully saturated rings. The van der Waals surface area contributed by atoms with Gasteiger partial charge in [-0.25, -0.2) is 9.18 Å². The summed E-state index contributed by atoms with van der Waals surface area (Å²) in [5.41, 5.74) is 6.54. The van der Waals surface area contributed by atoms with E-state index in [1.807, 2.05) is 78.9 Å². The van der Waals surface area contributed by atoms with E-state index in [4.69, 9.17) is 4.74 Å². The Morgan fingerprint density at radius 3 is 2.12 bits per heavy atom. The summed E-state index contributed by atoms with van der Waals surface area (Å²) in [5.74, 6) is -0.809. The van der Waals surface area contributed by atoms with E-state index in [-0.39, 0.29) is 19.0 Å². The van der Waals surface area contributed by atoms with Crippen molar-refractivity contribution in [2.75, 3.05) is 0 Å². The minimum absolute atomic E-state index is 0.0281. The highest BCUT2D eigenvalue weighted by atomic mass is 19.1. The second-order valence-electron chi connectivity index (χ2n) is 8.14. The Hall–Kier alpha value is -4.02. The molecule has 4 rings (SSSR count).